The van der Waals surface area contributed by atoms with Gasteiger partial charge in [0.2, 0.25) is 0 Å². The summed E-state index contributed by atoms with van der Waals surface area (Å²) in [6.45, 7) is 5.06. The predicted molar refractivity (Wildman–Crippen MR) is 87.7 cm³/mol. The number of aryl methyl sites for hydroxylation is 1. The molecule has 0 aromatic heterocycles. The van der Waals surface area contributed by atoms with Crippen molar-refractivity contribution in [2.45, 2.75) is 32.7 Å². The van der Waals surface area contributed by atoms with E-state index in [4.69, 9.17) is 4.74 Å². The van der Waals surface area contributed by atoms with E-state index in [1.54, 1.807) is 0 Å². The molecule has 2 heteroatoms. The Hall–Kier alpha value is -1.80. The molecule has 0 bridgehead atoms. The molecule has 1 aliphatic rings. The molecule has 3 rings (SSSR count). The zero-order valence-electron chi connectivity index (χ0n) is 12.7. The van der Waals surface area contributed by atoms with Gasteiger partial charge in [-0.25, -0.2) is 0 Å². The van der Waals surface area contributed by atoms with Crippen molar-refractivity contribution in [1.82, 2.24) is 5.32 Å². The lowest BCUT2D eigenvalue weighted by molar-refractivity contribution is 0.288. The fraction of sp³-hybridized carbons (Fsp3) is 0.368. The molecule has 2 nitrogen and oxygen atoms in total. The quantitative estimate of drug-likeness (QED) is 0.830. The molecule has 0 saturated carbocycles. The SMILES string of the molecule is CCCNCc1cccc(-c2ccc3c(c2)CCCO3)c1. The van der Waals surface area contributed by atoms with Crippen molar-refractivity contribution in [3.05, 3.63) is 53.6 Å². The first-order chi connectivity index (χ1) is 10.4. The fourth-order valence-corrected chi connectivity index (χ4v) is 2.81. The Kier molecular flexibility index (Phi) is 4.56. The second-order valence-corrected chi connectivity index (χ2v) is 5.65. The number of hydrogen-bond donors (Lipinski definition) is 1. The van der Waals surface area contributed by atoms with Crippen molar-refractivity contribution >= 4 is 0 Å². The van der Waals surface area contributed by atoms with E-state index in [9.17, 15) is 0 Å². The summed E-state index contributed by atoms with van der Waals surface area (Å²) in [4.78, 5) is 0. The van der Waals surface area contributed by atoms with Gasteiger partial charge in [0, 0.05) is 6.54 Å². The van der Waals surface area contributed by atoms with E-state index < -0.39 is 0 Å². The summed E-state index contributed by atoms with van der Waals surface area (Å²) in [5.41, 5.74) is 5.26. The predicted octanol–water partition coefficient (Wildman–Crippen LogP) is 4.18. The second kappa shape index (κ2) is 6.77. The first-order valence-corrected chi connectivity index (χ1v) is 7.92. The Morgan fingerprint density at radius 3 is 2.90 bits per heavy atom. The third-order valence-corrected chi connectivity index (χ3v) is 3.92. The number of ether oxygens (including phenoxy) is 1. The standard InChI is InChI=1S/C19H23NO/c1-2-10-20-14-15-5-3-6-16(12-15)17-8-9-19-18(13-17)7-4-11-21-19/h3,5-6,8-9,12-13,20H,2,4,7,10-11,14H2,1H3. The van der Waals surface area contributed by atoms with Crippen molar-refractivity contribution in [3.63, 3.8) is 0 Å². The molecular weight excluding hydrogens is 258 g/mol. The molecule has 0 aliphatic carbocycles. The Morgan fingerprint density at radius 1 is 1.10 bits per heavy atom. The third kappa shape index (κ3) is 3.45. The van der Waals surface area contributed by atoms with Crippen LogP contribution in [0.15, 0.2) is 42.5 Å². The summed E-state index contributed by atoms with van der Waals surface area (Å²) >= 11 is 0. The molecule has 2 aromatic carbocycles. The number of hydrogen-bond acceptors (Lipinski definition) is 2. The largest absolute Gasteiger partial charge is 0.493 e. The van der Waals surface area contributed by atoms with Crippen molar-refractivity contribution < 1.29 is 4.74 Å². The molecule has 0 atom stereocenters. The highest BCUT2D eigenvalue weighted by Gasteiger charge is 2.11. The number of benzene rings is 2. The molecule has 21 heavy (non-hydrogen) atoms. The van der Waals surface area contributed by atoms with E-state index in [-0.39, 0.29) is 0 Å². The molecule has 1 heterocycles. The maximum atomic E-state index is 5.69. The van der Waals surface area contributed by atoms with Gasteiger partial charge >= 0.3 is 0 Å². The van der Waals surface area contributed by atoms with E-state index in [1.807, 2.05) is 0 Å². The first-order valence-electron chi connectivity index (χ1n) is 7.92. The summed E-state index contributed by atoms with van der Waals surface area (Å²) in [6.07, 6.45) is 3.42. The van der Waals surface area contributed by atoms with Gasteiger partial charge in [-0.05, 0) is 66.3 Å². The van der Waals surface area contributed by atoms with Crippen molar-refractivity contribution in [1.29, 1.82) is 0 Å². The van der Waals surface area contributed by atoms with Gasteiger partial charge in [0.25, 0.3) is 0 Å². The van der Waals surface area contributed by atoms with Crippen LogP contribution in [-0.4, -0.2) is 13.2 Å². The highest BCUT2D eigenvalue weighted by molar-refractivity contribution is 5.66. The normalized spacial score (nSPS) is 13.6. The first kappa shape index (κ1) is 14.2. The molecule has 0 amide bonds. The van der Waals surface area contributed by atoms with Crippen LogP contribution in [0.4, 0.5) is 0 Å². The van der Waals surface area contributed by atoms with Crippen molar-refractivity contribution in [2.24, 2.45) is 0 Å². The molecular formula is C19H23NO. The topological polar surface area (TPSA) is 21.3 Å². The van der Waals surface area contributed by atoms with Crippen LogP contribution >= 0.6 is 0 Å². The van der Waals surface area contributed by atoms with Crippen LogP contribution in [0.1, 0.15) is 30.9 Å². The molecule has 110 valence electrons. The van der Waals surface area contributed by atoms with E-state index in [2.05, 4.69) is 54.7 Å². The molecule has 1 N–H and O–H groups in total. The van der Waals surface area contributed by atoms with Crippen LogP contribution in [0.5, 0.6) is 5.75 Å². The van der Waals surface area contributed by atoms with Gasteiger partial charge in [0.05, 0.1) is 6.61 Å². The molecule has 0 fully saturated rings. The lowest BCUT2D eigenvalue weighted by Gasteiger charge is -2.18. The summed E-state index contributed by atoms with van der Waals surface area (Å²) in [6, 6.07) is 15.4. The molecule has 0 radical (unpaired) electrons. The Morgan fingerprint density at radius 2 is 2.00 bits per heavy atom. The number of nitrogens with one attached hydrogen (secondary N) is 1. The van der Waals surface area contributed by atoms with Gasteiger partial charge in [-0.1, -0.05) is 31.2 Å². The average molecular weight is 281 g/mol. The minimum atomic E-state index is 0.852. The molecule has 0 unspecified atom stereocenters. The smallest absolute Gasteiger partial charge is 0.122 e. The van der Waals surface area contributed by atoms with Crippen molar-refractivity contribution in [3.8, 4) is 16.9 Å². The van der Waals surface area contributed by atoms with Crippen molar-refractivity contribution in [2.75, 3.05) is 13.2 Å². The minimum Gasteiger partial charge on any atom is -0.493 e. The van der Waals surface area contributed by atoms with Crippen LogP contribution in [-0.2, 0) is 13.0 Å². The average Bonchev–Trinajstić information content (AvgIpc) is 2.55. The molecule has 1 aliphatic heterocycles. The van der Waals surface area contributed by atoms with Gasteiger partial charge in [-0.15, -0.1) is 0 Å². The lowest BCUT2D eigenvalue weighted by Crippen LogP contribution is -2.13. The van der Waals surface area contributed by atoms with Crippen LogP contribution < -0.4 is 10.1 Å². The zero-order valence-corrected chi connectivity index (χ0v) is 12.7. The van der Waals surface area contributed by atoms with E-state index in [0.717, 1.165) is 38.3 Å². The van der Waals surface area contributed by atoms with Crippen LogP contribution in [0.25, 0.3) is 11.1 Å². The Labute approximate surface area is 127 Å². The molecule has 0 saturated heterocycles. The monoisotopic (exact) mass is 281 g/mol. The van der Waals surface area contributed by atoms with Crippen LogP contribution in [0.2, 0.25) is 0 Å². The summed E-state index contributed by atoms with van der Waals surface area (Å²) < 4.78 is 5.69. The maximum absolute atomic E-state index is 5.69. The van der Waals surface area contributed by atoms with Gasteiger partial charge in [-0.2, -0.15) is 0 Å². The second-order valence-electron chi connectivity index (χ2n) is 5.65. The Bertz CT molecular complexity index is 606. The highest BCUT2D eigenvalue weighted by atomic mass is 16.5. The van der Waals surface area contributed by atoms with Crippen LogP contribution in [0, 0.1) is 0 Å². The van der Waals surface area contributed by atoms with E-state index >= 15 is 0 Å². The summed E-state index contributed by atoms with van der Waals surface area (Å²) in [7, 11) is 0. The summed E-state index contributed by atoms with van der Waals surface area (Å²) in [5.74, 6) is 1.06. The Balaban J connectivity index is 1.81. The number of rotatable bonds is 5. The van der Waals surface area contributed by atoms with E-state index in [0.29, 0.717) is 0 Å². The highest BCUT2D eigenvalue weighted by Crippen LogP contribution is 2.30. The van der Waals surface area contributed by atoms with Gasteiger partial charge in [0.15, 0.2) is 0 Å². The minimum absolute atomic E-state index is 0.852. The zero-order chi connectivity index (χ0) is 14.5. The molecule has 2 aromatic rings. The summed E-state index contributed by atoms with van der Waals surface area (Å²) in [5, 5.41) is 3.46. The van der Waals surface area contributed by atoms with Gasteiger partial charge < -0.3 is 10.1 Å². The van der Waals surface area contributed by atoms with Gasteiger partial charge in [0.1, 0.15) is 5.75 Å². The maximum Gasteiger partial charge on any atom is 0.122 e. The third-order valence-electron chi connectivity index (χ3n) is 3.92. The fourth-order valence-electron chi connectivity index (χ4n) is 2.81. The number of fused-ring (bicyclic) bond motifs is 1. The van der Waals surface area contributed by atoms with Crippen LogP contribution in [0.3, 0.4) is 0 Å². The molecule has 0 spiro atoms. The van der Waals surface area contributed by atoms with Gasteiger partial charge in [-0.3, -0.25) is 0 Å². The lowest BCUT2D eigenvalue weighted by atomic mass is 9.98. The van der Waals surface area contributed by atoms with E-state index in [1.165, 1.54) is 28.7 Å².